The smallest absolute Gasteiger partial charge is 0.311 e. The number of ether oxygens (including phenoxy) is 1. The second-order valence-corrected chi connectivity index (χ2v) is 7.07. The Hall–Kier alpha value is -1.000. The van der Waals surface area contributed by atoms with Crippen molar-refractivity contribution in [1.82, 2.24) is 4.98 Å². The lowest BCUT2D eigenvalue weighted by molar-refractivity contribution is -0.134. The molecule has 0 spiro atoms. The summed E-state index contributed by atoms with van der Waals surface area (Å²) < 4.78 is 6.26. The fraction of sp³-hybridized carbons (Fsp3) is 0.500. The highest BCUT2D eigenvalue weighted by Gasteiger charge is 2.11. The van der Waals surface area contributed by atoms with Gasteiger partial charge in [-0.15, -0.1) is 0 Å². The van der Waals surface area contributed by atoms with Crippen molar-refractivity contribution in [3.63, 3.8) is 0 Å². The first-order valence-corrected chi connectivity index (χ1v) is 9.45. The van der Waals surface area contributed by atoms with Crippen LogP contribution in [0.2, 0.25) is 5.02 Å². The lowest BCUT2D eigenvalue weighted by Gasteiger charge is -2.04. The Morgan fingerprint density at radius 1 is 1.17 bits per heavy atom. The first-order valence-electron chi connectivity index (χ1n) is 8.28. The highest BCUT2D eigenvalue weighted by atomic mass is 79.9. The van der Waals surface area contributed by atoms with E-state index < -0.39 is 0 Å². The van der Waals surface area contributed by atoms with Crippen LogP contribution in [-0.2, 0) is 4.79 Å². The SMILES string of the molecule is CCCCCCCCCC(=O)Oc1c[nH]c2cc(Cl)c(Br)cc12. The second-order valence-electron chi connectivity index (χ2n) is 5.81. The van der Waals surface area contributed by atoms with E-state index in [1.807, 2.05) is 12.1 Å². The number of hydrogen-bond donors (Lipinski definition) is 1. The first kappa shape index (κ1) is 18.3. The Bertz CT molecular complexity index is 654. The molecule has 0 unspecified atom stereocenters. The third-order valence-electron chi connectivity index (χ3n) is 3.89. The van der Waals surface area contributed by atoms with E-state index in [1.165, 1.54) is 32.1 Å². The third kappa shape index (κ3) is 5.54. The standard InChI is InChI=1S/C18H23BrClNO2/c1-2-3-4-5-6-7-8-9-18(22)23-17-12-21-16-11-15(20)14(19)10-13(16)17/h10-12,21H,2-9H2,1H3. The van der Waals surface area contributed by atoms with Gasteiger partial charge in [-0.3, -0.25) is 4.79 Å². The minimum absolute atomic E-state index is 0.175. The molecule has 0 saturated carbocycles. The molecular weight excluding hydrogens is 378 g/mol. The molecule has 0 fully saturated rings. The van der Waals surface area contributed by atoms with Crippen LogP contribution in [0.15, 0.2) is 22.8 Å². The highest BCUT2D eigenvalue weighted by Crippen LogP contribution is 2.33. The number of esters is 1. The number of carbonyl (C=O) groups excluding carboxylic acids is 1. The van der Waals surface area contributed by atoms with Crippen LogP contribution in [0.25, 0.3) is 10.9 Å². The summed E-state index contributed by atoms with van der Waals surface area (Å²) >= 11 is 9.45. The van der Waals surface area contributed by atoms with Gasteiger partial charge in [-0.25, -0.2) is 0 Å². The van der Waals surface area contributed by atoms with Crippen LogP contribution < -0.4 is 4.74 Å². The van der Waals surface area contributed by atoms with Crippen molar-refractivity contribution in [2.24, 2.45) is 0 Å². The highest BCUT2D eigenvalue weighted by molar-refractivity contribution is 9.10. The van der Waals surface area contributed by atoms with Gasteiger partial charge in [-0.1, -0.05) is 57.0 Å². The van der Waals surface area contributed by atoms with Crippen molar-refractivity contribution in [2.75, 3.05) is 0 Å². The van der Waals surface area contributed by atoms with Gasteiger partial charge in [0.15, 0.2) is 5.75 Å². The maximum atomic E-state index is 12.0. The van der Waals surface area contributed by atoms with Crippen LogP contribution >= 0.6 is 27.5 Å². The summed E-state index contributed by atoms with van der Waals surface area (Å²) in [5.74, 6) is 0.385. The number of aromatic amines is 1. The van der Waals surface area contributed by atoms with Gasteiger partial charge in [0.05, 0.1) is 10.5 Å². The average molecular weight is 401 g/mol. The molecule has 0 aliphatic carbocycles. The second kappa shape index (κ2) is 9.33. The molecule has 0 saturated heterocycles. The van der Waals surface area contributed by atoms with Gasteiger partial charge in [-0.05, 0) is 34.5 Å². The van der Waals surface area contributed by atoms with Gasteiger partial charge >= 0.3 is 5.97 Å². The summed E-state index contributed by atoms with van der Waals surface area (Å²) in [6.45, 7) is 2.22. The Morgan fingerprint density at radius 2 is 1.87 bits per heavy atom. The number of halogens is 2. The van der Waals surface area contributed by atoms with Gasteiger partial charge in [-0.2, -0.15) is 0 Å². The van der Waals surface area contributed by atoms with E-state index in [0.29, 0.717) is 17.2 Å². The van der Waals surface area contributed by atoms with Crippen molar-refractivity contribution >= 4 is 44.4 Å². The molecule has 23 heavy (non-hydrogen) atoms. The Kier molecular flexibility index (Phi) is 7.44. The molecule has 1 aromatic carbocycles. The maximum absolute atomic E-state index is 12.0. The molecule has 2 rings (SSSR count). The van der Waals surface area contributed by atoms with Crippen molar-refractivity contribution in [2.45, 2.75) is 58.3 Å². The monoisotopic (exact) mass is 399 g/mol. The number of hydrogen-bond acceptors (Lipinski definition) is 2. The van der Waals surface area contributed by atoms with Crippen molar-refractivity contribution < 1.29 is 9.53 Å². The molecule has 0 amide bonds. The molecule has 2 aromatic rings. The quantitative estimate of drug-likeness (QED) is 0.379. The molecule has 1 heterocycles. The van der Waals surface area contributed by atoms with Gasteiger partial charge < -0.3 is 9.72 Å². The molecule has 126 valence electrons. The van der Waals surface area contributed by atoms with Crippen molar-refractivity contribution in [3.8, 4) is 5.75 Å². The zero-order valence-corrected chi connectivity index (χ0v) is 15.8. The zero-order valence-electron chi connectivity index (χ0n) is 13.5. The normalized spacial score (nSPS) is 11.1. The minimum atomic E-state index is -0.175. The van der Waals surface area contributed by atoms with E-state index in [4.69, 9.17) is 16.3 Å². The van der Waals surface area contributed by atoms with Crippen molar-refractivity contribution in [3.05, 3.63) is 27.8 Å². The van der Waals surface area contributed by atoms with Crippen molar-refractivity contribution in [1.29, 1.82) is 0 Å². The molecule has 5 heteroatoms. The van der Waals surface area contributed by atoms with Crippen LogP contribution in [0, 0.1) is 0 Å². The zero-order chi connectivity index (χ0) is 16.7. The number of fused-ring (bicyclic) bond motifs is 1. The number of H-pyrrole nitrogens is 1. The number of benzene rings is 1. The van der Waals surface area contributed by atoms with E-state index in [0.717, 1.165) is 28.2 Å². The summed E-state index contributed by atoms with van der Waals surface area (Å²) in [6.07, 6.45) is 10.5. The molecule has 0 aliphatic heterocycles. The minimum Gasteiger partial charge on any atom is -0.424 e. The fourth-order valence-electron chi connectivity index (χ4n) is 2.58. The number of aromatic nitrogens is 1. The van der Waals surface area contributed by atoms with E-state index in [2.05, 4.69) is 27.8 Å². The van der Waals surface area contributed by atoms with Gasteiger partial charge in [0, 0.05) is 22.5 Å². The Balaban J connectivity index is 1.78. The van der Waals surface area contributed by atoms with Crippen LogP contribution in [0.4, 0.5) is 0 Å². The van der Waals surface area contributed by atoms with E-state index in [9.17, 15) is 4.79 Å². The molecule has 1 aromatic heterocycles. The average Bonchev–Trinajstić information content (AvgIpc) is 2.89. The number of carbonyl (C=O) groups is 1. The largest absolute Gasteiger partial charge is 0.424 e. The summed E-state index contributed by atoms with van der Waals surface area (Å²) in [7, 11) is 0. The lowest BCUT2D eigenvalue weighted by Crippen LogP contribution is -2.07. The van der Waals surface area contributed by atoms with Crippen LogP contribution in [0.1, 0.15) is 58.3 Å². The topological polar surface area (TPSA) is 42.1 Å². The van der Waals surface area contributed by atoms with Crippen LogP contribution in [-0.4, -0.2) is 11.0 Å². The predicted octanol–water partition coefficient (Wildman–Crippen LogP) is 6.63. The molecule has 0 bridgehead atoms. The molecule has 0 atom stereocenters. The molecular formula is C18H23BrClNO2. The molecule has 1 N–H and O–H groups in total. The number of unbranched alkanes of at least 4 members (excludes halogenated alkanes) is 6. The first-order chi connectivity index (χ1) is 11.1. The summed E-state index contributed by atoms with van der Waals surface area (Å²) in [6, 6.07) is 3.68. The molecule has 0 aliphatic rings. The van der Waals surface area contributed by atoms with E-state index >= 15 is 0 Å². The predicted molar refractivity (Wildman–Crippen MR) is 99.3 cm³/mol. The summed E-state index contributed by atoms with van der Waals surface area (Å²) in [4.78, 5) is 15.0. The third-order valence-corrected chi connectivity index (χ3v) is 5.09. The van der Waals surface area contributed by atoms with Crippen LogP contribution in [0.5, 0.6) is 5.75 Å². The van der Waals surface area contributed by atoms with Gasteiger partial charge in [0.25, 0.3) is 0 Å². The molecule has 3 nitrogen and oxygen atoms in total. The van der Waals surface area contributed by atoms with E-state index in [-0.39, 0.29) is 5.97 Å². The number of nitrogens with one attached hydrogen (secondary N) is 1. The summed E-state index contributed by atoms with van der Waals surface area (Å²) in [5.41, 5.74) is 0.858. The fourth-order valence-corrected chi connectivity index (χ4v) is 3.08. The van der Waals surface area contributed by atoms with Crippen LogP contribution in [0.3, 0.4) is 0 Å². The molecule has 0 radical (unpaired) electrons. The Morgan fingerprint density at radius 3 is 2.61 bits per heavy atom. The van der Waals surface area contributed by atoms with E-state index in [1.54, 1.807) is 6.20 Å². The lowest BCUT2D eigenvalue weighted by atomic mass is 10.1. The van der Waals surface area contributed by atoms with Gasteiger partial charge in [0.2, 0.25) is 0 Å². The van der Waals surface area contributed by atoms with Gasteiger partial charge in [0.1, 0.15) is 0 Å². The number of rotatable bonds is 9. The summed E-state index contributed by atoms with van der Waals surface area (Å²) in [5, 5.41) is 1.48. The Labute approximate surface area is 150 Å². The maximum Gasteiger partial charge on any atom is 0.311 e.